The predicted molar refractivity (Wildman–Crippen MR) is 93.5 cm³/mol. The third-order valence-electron chi connectivity index (χ3n) is 4.49. The van der Waals surface area contributed by atoms with E-state index >= 15 is 0 Å². The Morgan fingerprint density at radius 3 is 2.87 bits per heavy atom. The van der Waals surface area contributed by atoms with E-state index in [1.807, 2.05) is 35.7 Å². The molecular formula is C18H25N3OS. The summed E-state index contributed by atoms with van der Waals surface area (Å²) < 4.78 is 0. The first-order valence-corrected chi connectivity index (χ1v) is 9.33. The van der Waals surface area contributed by atoms with E-state index in [2.05, 4.69) is 15.3 Å². The number of hydrogen-bond acceptors (Lipinski definition) is 5. The molecule has 0 aromatic carbocycles. The Kier molecular flexibility index (Phi) is 6.13. The number of pyridine rings is 1. The lowest BCUT2D eigenvalue weighted by Gasteiger charge is -2.14. The fraction of sp³-hybridized carbons (Fsp3) is 0.556. The van der Waals surface area contributed by atoms with Crippen molar-refractivity contribution in [2.75, 3.05) is 13.2 Å². The molecule has 3 rings (SSSR count). The van der Waals surface area contributed by atoms with E-state index in [-0.39, 0.29) is 12.5 Å². The van der Waals surface area contributed by atoms with Gasteiger partial charge in [0.05, 0.1) is 5.01 Å². The molecule has 0 saturated heterocycles. The molecule has 1 aliphatic carbocycles. The van der Waals surface area contributed by atoms with Gasteiger partial charge in [-0.3, -0.25) is 4.98 Å². The molecule has 4 nitrogen and oxygen atoms in total. The summed E-state index contributed by atoms with van der Waals surface area (Å²) in [5.41, 5.74) is 1.04. The summed E-state index contributed by atoms with van der Waals surface area (Å²) >= 11 is 1.84. The molecular weight excluding hydrogens is 306 g/mol. The summed E-state index contributed by atoms with van der Waals surface area (Å²) in [6.07, 6.45) is 9.93. The summed E-state index contributed by atoms with van der Waals surface area (Å²) in [6.45, 7) is 1.81. The quantitative estimate of drug-likeness (QED) is 0.780. The first-order chi connectivity index (χ1) is 11.3. The summed E-state index contributed by atoms with van der Waals surface area (Å²) in [5.74, 6) is 0.898. The minimum Gasteiger partial charge on any atom is -0.396 e. The zero-order chi connectivity index (χ0) is 15.9. The molecule has 1 saturated carbocycles. The van der Waals surface area contributed by atoms with Crippen molar-refractivity contribution in [1.82, 2.24) is 15.3 Å². The maximum atomic E-state index is 9.55. The fourth-order valence-corrected chi connectivity index (χ4v) is 4.24. The molecule has 0 radical (unpaired) electrons. The van der Waals surface area contributed by atoms with Crippen molar-refractivity contribution in [3.05, 3.63) is 46.2 Å². The minimum atomic E-state index is 0.180. The van der Waals surface area contributed by atoms with Gasteiger partial charge in [-0.05, 0) is 37.3 Å². The molecule has 1 atom stereocenters. The second kappa shape index (κ2) is 8.52. The van der Waals surface area contributed by atoms with E-state index in [4.69, 9.17) is 0 Å². The zero-order valence-corrected chi connectivity index (χ0v) is 14.3. The van der Waals surface area contributed by atoms with Gasteiger partial charge in [-0.2, -0.15) is 0 Å². The van der Waals surface area contributed by atoms with E-state index in [1.165, 1.54) is 35.6 Å². The van der Waals surface area contributed by atoms with E-state index in [0.717, 1.165) is 25.2 Å². The van der Waals surface area contributed by atoms with Crippen LogP contribution in [0.5, 0.6) is 0 Å². The molecule has 5 heteroatoms. The lowest BCUT2D eigenvalue weighted by atomic mass is 10.0. The molecule has 0 aliphatic heterocycles. The molecule has 1 aliphatic rings. The van der Waals surface area contributed by atoms with Crippen molar-refractivity contribution >= 4 is 11.3 Å². The second-order valence-corrected chi connectivity index (χ2v) is 7.50. The lowest BCUT2D eigenvalue weighted by molar-refractivity contribution is 0.221. The van der Waals surface area contributed by atoms with Crippen molar-refractivity contribution in [3.8, 4) is 0 Å². The highest BCUT2D eigenvalue weighted by atomic mass is 32.1. The molecule has 23 heavy (non-hydrogen) atoms. The van der Waals surface area contributed by atoms with Crippen molar-refractivity contribution in [1.29, 1.82) is 0 Å². The van der Waals surface area contributed by atoms with E-state index in [9.17, 15) is 5.11 Å². The number of thiazole rings is 1. The Hall–Kier alpha value is -1.30. The third kappa shape index (κ3) is 4.83. The predicted octanol–water partition coefficient (Wildman–Crippen LogP) is 3.14. The van der Waals surface area contributed by atoms with Crippen molar-refractivity contribution in [2.24, 2.45) is 5.92 Å². The molecule has 1 fully saturated rings. The largest absolute Gasteiger partial charge is 0.396 e. The molecule has 2 N–H and O–H groups in total. The SMILES string of the molecule is OCC(CNCc1cnc(C2CCCC2)s1)Cc1ccccn1. The van der Waals surface area contributed by atoms with Gasteiger partial charge in [0.25, 0.3) is 0 Å². The van der Waals surface area contributed by atoms with Crippen molar-refractivity contribution in [3.63, 3.8) is 0 Å². The highest BCUT2D eigenvalue weighted by Crippen LogP contribution is 2.35. The minimum absolute atomic E-state index is 0.180. The molecule has 2 aromatic heterocycles. The summed E-state index contributed by atoms with van der Waals surface area (Å²) in [6, 6.07) is 5.92. The second-order valence-electron chi connectivity index (χ2n) is 6.35. The van der Waals surface area contributed by atoms with Gasteiger partial charge in [0.1, 0.15) is 0 Å². The first kappa shape index (κ1) is 16.6. The molecule has 0 spiro atoms. The Balaban J connectivity index is 1.44. The van der Waals surface area contributed by atoms with Crippen LogP contribution < -0.4 is 5.32 Å². The van der Waals surface area contributed by atoms with Gasteiger partial charge in [-0.1, -0.05) is 18.9 Å². The Morgan fingerprint density at radius 1 is 1.26 bits per heavy atom. The summed E-state index contributed by atoms with van der Waals surface area (Å²) in [4.78, 5) is 10.2. The van der Waals surface area contributed by atoms with Crippen LogP contribution in [-0.2, 0) is 13.0 Å². The fourth-order valence-electron chi connectivity index (χ4n) is 3.18. The molecule has 0 amide bonds. The number of nitrogens with zero attached hydrogens (tertiary/aromatic N) is 2. The van der Waals surface area contributed by atoms with Crippen molar-refractivity contribution in [2.45, 2.75) is 44.6 Å². The van der Waals surface area contributed by atoms with Gasteiger partial charge in [0, 0.05) is 48.6 Å². The van der Waals surface area contributed by atoms with Crippen LogP contribution in [0.25, 0.3) is 0 Å². The molecule has 2 aromatic rings. The van der Waals surface area contributed by atoms with Crippen LogP contribution in [0.2, 0.25) is 0 Å². The molecule has 124 valence electrons. The van der Waals surface area contributed by atoms with Crippen LogP contribution in [0, 0.1) is 5.92 Å². The van der Waals surface area contributed by atoms with Crippen LogP contribution in [0.15, 0.2) is 30.6 Å². The smallest absolute Gasteiger partial charge is 0.0959 e. The Morgan fingerprint density at radius 2 is 2.13 bits per heavy atom. The first-order valence-electron chi connectivity index (χ1n) is 8.51. The summed E-state index contributed by atoms with van der Waals surface area (Å²) in [5, 5.41) is 14.3. The average molecular weight is 331 g/mol. The number of nitrogens with one attached hydrogen (secondary N) is 1. The van der Waals surface area contributed by atoms with Gasteiger partial charge in [0.15, 0.2) is 0 Å². The highest BCUT2D eigenvalue weighted by molar-refractivity contribution is 7.11. The molecule has 0 bridgehead atoms. The van der Waals surface area contributed by atoms with Crippen LogP contribution in [-0.4, -0.2) is 28.2 Å². The van der Waals surface area contributed by atoms with E-state index < -0.39 is 0 Å². The van der Waals surface area contributed by atoms with E-state index in [1.54, 1.807) is 6.20 Å². The normalized spacial score (nSPS) is 16.7. The standard InChI is InChI=1S/C18H25N3OS/c22-13-14(9-16-7-3-4-8-20-16)10-19-11-17-12-21-18(23-17)15-5-1-2-6-15/h3-4,7-8,12,14-15,19,22H,1-2,5-6,9-11,13H2. The number of aliphatic hydroxyl groups excluding tert-OH is 1. The van der Waals surface area contributed by atoms with Crippen molar-refractivity contribution < 1.29 is 5.11 Å². The summed E-state index contributed by atoms with van der Waals surface area (Å²) in [7, 11) is 0. The molecule has 1 unspecified atom stereocenters. The topological polar surface area (TPSA) is 58.0 Å². The Labute approximate surface area is 142 Å². The van der Waals surface area contributed by atoms with Crippen LogP contribution >= 0.6 is 11.3 Å². The van der Waals surface area contributed by atoms with Gasteiger partial charge in [-0.25, -0.2) is 4.98 Å². The van der Waals surface area contributed by atoms with Crippen LogP contribution in [0.4, 0.5) is 0 Å². The van der Waals surface area contributed by atoms with Gasteiger partial charge in [-0.15, -0.1) is 11.3 Å². The maximum absolute atomic E-state index is 9.55. The average Bonchev–Trinajstić information content (AvgIpc) is 3.26. The Bertz CT molecular complexity index is 581. The van der Waals surface area contributed by atoms with Crippen LogP contribution in [0.1, 0.15) is 47.2 Å². The number of aliphatic hydroxyl groups is 1. The number of rotatable bonds is 8. The maximum Gasteiger partial charge on any atom is 0.0959 e. The monoisotopic (exact) mass is 331 g/mol. The molecule has 2 heterocycles. The highest BCUT2D eigenvalue weighted by Gasteiger charge is 2.20. The third-order valence-corrected chi connectivity index (χ3v) is 5.65. The van der Waals surface area contributed by atoms with E-state index in [0.29, 0.717) is 5.92 Å². The lowest BCUT2D eigenvalue weighted by Crippen LogP contribution is -2.26. The van der Waals surface area contributed by atoms with Gasteiger partial charge in [0.2, 0.25) is 0 Å². The zero-order valence-electron chi connectivity index (χ0n) is 13.4. The number of aromatic nitrogens is 2. The van der Waals surface area contributed by atoms with Gasteiger partial charge >= 0.3 is 0 Å². The number of hydrogen-bond donors (Lipinski definition) is 2. The van der Waals surface area contributed by atoms with Crippen LogP contribution in [0.3, 0.4) is 0 Å². The van der Waals surface area contributed by atoms with Gasteiger partial charge < -0.3 is 10.4 Å².